The fourth-order valence-electron chi connectivity index (χ4n) is 3.20. The Morgan fingerprint density at radius 3 is 2.83 bits per heavy atom. The minimum absolute atomic E-state index is 0.0104. The Balaban J connectivity index is 1.52. The predicted molar refractivity (Wildman–Crippen MR) is 98.7 cm³/mol. The van der Waals surface area contributed by atoms with E-state index >= 15 is 0 Å². The highest BCUT2D eigenvalue weighted by molar-refractivity contribution is 6.11. The maximum Gasteiger partial charge on any atom is 0.407 e. The van der Waals surface area contributed by atoms with Crippen LogP contribution in [0.2, 0.25) is 0 Å². The average molecular weight is 402 g/mol. The van der Waals surface area contributed by atoms with Crippen molar-refractivity contribution in [3.63, 3.8) is 0 Å². The van der Waals surface area contributed by atoms with Crippen molar-refractivity contribution in [2.24, 2.45) is 0 Å². The Kier molecular flexibility index (Phi) is 4.85. The number of anilines is 1. The highest BCUT2D eigenvalue weighted by atomic mass is 19.1. The van der Waals surface area contributed by atoms with Gasteiger partial charge in [-0.2, -0.15) is 5.10 Å². The summed E-state index contributed by atoms with van der Waals surface area (Å²) in [6.45, 7) is 0.560. The number of hydrogen-bond acceptors (Lipinski definition) is 4. The largest absolute Gasteiger partial charge is 0.465 e. The van der Waals surface area contributed by atoms with E-state index in [0.29, 0.717) is 16.5 Å². The van der Waals surface area contributed by atoms with Crippen molar-refractivity contribution in [1.29, 1.82) is 0 Å². The van der Waals surface area contributed by atoms with E-state index in [2.05, 4.69) is 15.5 Å². The normalized spacial score (nSPS) is 16.8. The van der Waals surface area contributed by atoms with Crippen LogP contribution in [0.4, 0.5) is 19.3 Å². The highest BCUT2D eigenvalue weighted by Crippen LogP contribution is 2.26. The second-order valence-corrected chi connectivity index (χ2v) is 6.54. The molecule has 29 heavy (non-hydrogen) atoms. The van der Waals surface area contributed by atoms with Gasteiger partial charge in [0.2, 0.25) is 0 Å². The van der Waals surface area contributed by atoms with Crippen LogP contribution >= 0.6 is 0 Å². The van der Waals surface area contributed by atoms with Crippen LogP contribution in [0.5, 0.6) is 0 Å². The maximum atomic E-state index is 14.6. The molecule has 1 atom stereocenters. The van der Waals surface area contributed by atoms with Gasteiger partial charge in [0, 0.05) is 11.9 Å². The van der Waals surface area contributed by atoms with Crippen molar-refractivity contribution in [1.82, 2.24) is 15.1 Å². The summed E-state index contributed by atoms with van der Waals surface area (Å²) in [4.78, 5) is 24.8. The molecule has 8 nitrogen and oxygen atoms in total. The molecule has 0 radical (unpaired) electrons. The van der Waals surface area contributed by atoms with Crippen LogP contribution in [-0.2, 0) is 4.74 Å². The zero-order valence-corrected chi connectivity index (χ0v) is 15.0. The SMILES string of the molecule is O=C(Nc1ccc([C@@H]2CN(C(=O)O)CCO2)cc1F)c1n[nH]c2cc(F)ccc12. The van der Waals surface area contributed by atoms with Gasteiger partial charge in [0.05, 0.1) is 24.4 Å². The first kappa shape index (κ1) is 18.8. The molecule has 0 spiro atoms. The number of nitrogens with one attached hydrogen (secondary N) is 2. The quantitative estimate of drug-likeness (QED) is 0.624. The number of aromatic amines is 1. The van der Waals surface area contributed by atoms with Gasteiger partial charge in [0.15, 0.2) is 5.69 Å². The zero-order chi connectivity index (χ0) is 20.5. The molecule has 1 aromatic heterocycles. The van der Waals surface area contributed by atoms with Crippen molar-refractivity contribution in [3.05, 3.63) is 59.3 Å². The van der Waals surface area contributed by atoms with E-state index in [1.165, 1.54) is 35.2 Å². The summed E-state index contributed by atoms with van der Waals surface area (Å²) in [5, 5.41) is 18.4. The third kappa shape index (κ3) is 3.74. The molecule has 0 bridgehead atoms. The highest BCUT2D eigenvalue weighted by Gasteiger charge is 2.26. The predicted octanol–water partition coefficient (Wildman–Crippen LogP) is 3.14. The van der Waals surface area contributed by atoms with Gasteiger partial charge in [-0.1, -0.05) is 6.07 Å². The number of carboxylic acid groups (broad SMARTS) is 1. The molecule has 2 heterocycles. The Morgan fingerprint density at radius 2 is 2.07 bits per heavy atom. The summed E-state index contributed by atoms with van der Waals surface area (Å²) in [5.41, 5.74) is 0.759. The molecule has 3 N–H and O–H groups in total. The van der Waals surface area contributed by atoms with E-state index in [1.54, 1.807) is 6.07 Å². The lowest BCUT2D eigenvalue weighted by molar-refractivity contribution is -0.0233. The molecule has 2 aromatic carbocycles. The van der Waals surface area contributed by atoms with Crippen LogP contribution in [0.3, 0.4) is 0 Å². The number of morpholine rings is 1. The summed E-state index contributed by atoms with van der Waals surface area (Å²) in [6, 6.07) is 7.96. The molecule has 2 amide bonds. The van der Waals surface area contributed by atoms with Crippen LogP contribution in [0.25, 0.3) is 10.9 Å². The van der Waals surface area contributed by atoms with Crippen LogP contribution in [0, 0.1) is 11.6 Å². The summed E-state index contributed by atoms with van der Waals surface area (Å²) in [6.07, 6.45) is -1.65. The summed E-state index contributed by atoms with van der Waals surface area (Å²) >= 11 is 0. The van der Waals surface area contributed by atoms with Gasteiger partial charge in [0.1, 0.15) is 17.7 Å². The van der Waals surface area contributed by atoms with Crippen LogP contribution in [0.15, 0.2) is 36.4 Å². The number of hydrogen-bond donors (Lipinski definition) is 3. The fraction of sp³-hybridized carbons (Fsp3) is 0.211. The molecule has 3 aromatic rings. The number of benzene rings is 2. The number of H-pyrrole nitrogens is 1. The summed E-state index contributed by atoms with van der Waals surface area (Å²) in [5.74, 6) is -1.82. The maximum absolute atomic E-state index is 14.6. The molecular weight excluding hydrogens is 386 g/mol. The Labute approximate surface area is 163 Å². The molecule has 0 unspecified atom stereocenters. The molecule has 1 aliphatic rings. The number of fused-ring (bicyclic) bond motifs is 1. The standard InChI is InChI=1S/C19H16F2N4O4/c20-11-2-3-12-15(8-11)23-24-17(12)18(26)22-14-4-1-10(7-13(14)21)16-9-25(19(27)28)5-6-29-16/h1-4,7-8,16H,5-6,9H2,(H,22,26)(H,23,24)(H,27,28)/t16-/m0/s1. The van der Waals surface area contributed by atoms with Gasteiger partial charge < -0.3 is 20.1 Å². The smallest absolute Gasteiger partial charge is 0.407 e. The second kappa shape index (κ2) is 7.47. The molecule has 1 fully saturated rings. The lowest BCUT2D eigenvalue weighted by atomic mass is 10.1. The number of nitrogens with zero attached hydrogens (tertiary/aromatic N) is 2. The molecule has 0 saturated carbocycles. The third-order valence-electron chi connectivity index (χ3n) is 4.69. The van der Waals surface area contributed by atoms with Crippen molar-refractivity contribution in [2.45, 2.75) is 6.10 Å². The molecular formula is C19H16F2N4O4. The minimum atomic E-state index is -1.06. The van der Waals surface area contributed by atoms with E-state index in [4.69, 9.17) is 9.84 Å². The van der Waals surface area contributed by atoms with Gasteiger partial charge >= 0.3 is 6.09 Å². The van der Waals surface area contributed by atoms with Crippen molar-refractivity contribution < 1.29 is 28.2 Å². The summed E-state index contributed by atoms with van der Waals surface area (Å²) in [7, 11) is 0. The Morgan fingerprint density at radius 1 is 1.24 bits per heavy atom. The number of ether oxygens (including phenoxy) is 1. The van der Waals surface area contributed by atoms with Gasteiger partial charge in [-0.15, -0.1) is 0 Å². The van der Waals surface area contributed by atoms with Crippen LogP contribution in [-0.4, -0.2) is 51.9 Å². The lowest BCUT2D eigenvalue weighted by Crippen LogP contribution is -2.41. The molecule has 10 heteroatoms. The average Bonchev–Trinajstić information content (AvgIpc) is 3.12. The number of halogens is 2. The van der Waals surface area contributed by atoms with Crippen LogP contribution in [0.1, 0.15) is 22.2 Å². The fourth-order valence-corrected chi connectivity index (χ4v) is 3.20. The number of carbonyl (C=O) groups excluding carboxylic acids is 1. The topological polar surface area (TPSA) is 108 Å². The lowest BCUT2D eigenvalue weighted by Gasteiger charge is -2.31. The second-order valence-electron chi connectivity index (χ2n) is 6.54. The van der Waals surface area contributed by atoms with Crippen molar-refractivity contribution >= 4 is 28.6 Å². The van der Waals surface area contributed by atoms with E-state index in [0.717, 1.165) is 0 Å². The summed E-state index contributed by atoms with van der Waals surface area (Å²) < 4.78 is 33.3. The van der Waals surface area contributed by atoms with E-state index < -0.39 is 29.7 Å². The van der Waals surface area contributed by atoms with Crippen molar-refractivity contribution in [3.8, 4) is 0 Å². The first-order valence-electron chi connectivity index (χ1n) is 8.76. The van der Waals surface area contributed by atoms with Gasteiger partial charge in [-0.3, -0.25) is 9.89 Å². The number of aromatic nitrogens is 2. The van der Waals surface area contributed by atoms with E-state index in [9.17, 15) is 18.4 Å². The molecule has 0 aliphatic carbocycles. The van der Waals surface area contributed by atoms with Gasteiger partial charge in [0.25, 0.3) is 5.91 Å². The van der Waals surface area contributed by atoms with E-state index in [-0.39, 0.29) is 31.1 Å². The number of carbonyl (C=O) groups is 2. The van der Waals surface area contributed by atoms with Gasteiger partial charge in [-0.25, -0.2) is 13.6 Å². The minimum Gasteiger partial charge on any atom is -0.465 e. The molecule has 150 valence electrons. The van der Waals surface area contributed by atoms with Gasteiger partial charge in [-0.05, 0) is 35.9 Å². The Hall–Kier alpha value is -3.53. The van der Waals surface area contributed by atoms with Crippen LogP contribution < -0.4 is 5.32 Å². The molecule has 1 saturated heterocycles. The molecule has 4 rings (SSSR count). The molecule has 1 aliphatic heterocycles. The first-order valence-corrected chi connectivity index (χ1v) is 8.76. The monoisotopic (exact) mass is 402 g/mol. The first-order chi connectivity index (χ1) is 13.9. The third-order valence-corrected chi connectivity index (χ3v) is 4.69. The van der Waals surface area contributed by atoms with Crippen molar-refractivity contribution in [2.75, 3.05) is 25.0 Å². The van der Waals surface area contributed by atoms with E-state index in [1.807, 2.05) is 0 Å². The number of rotatable bonds is 3. The number of amides is 2. The zero-order valence-electron chi connectivity index (χ0n) is 15.0. The Bertz CT molecular complexity index is 1100.